The molecule has 2 amide bonds. The molecule has 0 spiro atoms. The van der Waals surface area contributed by atoms with Crippen LogP contribution in [-0.4, -0.2) is 41.3 Å². The van der Waals surface area contributed by atoms with E-state index in [9.17, 15) is 14.4 Å². The summed E-state index contributed by atoms with van der Waals surface area (Å²) >= 11 is 0. The van der Waals surface area contributed by atoms with Gasteiger partial charge in [0, 0.05) is 5.92 Å². The zero-order valence-electron chi connectivity index (χ0n) is 17.0. The molecule has 3 N–H and O–H groups in total. The Morgan fingerprint density at radius 2 is 1.57 bits per heavy atom. The lowest BCUT2D eigenvalue weighted by molar-refractivity contribution is -0.160. The number of benzene rings is 2. The standard InChI is InChI=1S/C22H24N2O6/c1-13(19(25)26)30-24-20(27)22(2,3)23-21(28)29-12-18-16-10-6-4-8-14(16)15-9-5-7-11-17(15)18/h4-11,13,18H,12H2,1-3H3,(H,23,28)(H,24,27)(H,25,26). The Bertz CT molecular complexity index is 926. The van der Waals surface area contributed by atoms with Gasteiger partial charge in [0.25, 0.3) is 5.91 Å². The second kappa shape index (κ2) is 8.54. The van der Waals surface area contributed by atoms with E-state index in [0.717, 1.165) is 22.3 Å². The molecule has 0 aliphatic heterocycles. The number of hydrogen-bond donors (Lipinski definition) is 3. The lowest BCUT2D eigenvalue weighted by atomic mass is 9.98. The number of rotatable bonds is 7. The molecule has 1 atom stereocenters. The van der Waals surface area contributed by atoms with Crippen LogP contribution in [0.25, 0.3) is 11.1 Å². The second-order valence-corrected chi connectivity index (χ2v) is 7.61. The highest BCUT2D eigenvalue weighted by molar-refractivity contribution is 5.88. The van der Waals surface area contributed by atoms with Crippen molar-refractivity contribution in [2.24, 2.45) is 0 Å². The SMILES string of the molecule is CC(ONC(=O)C(C)(C)NC(=O)OCC1c2ccccc2-c2ccccc21)C(=O)O. The lowest BCUT2D eigenvalue weighted by Crippen LogP contribution is -2.55. The normalized spacial score (nSPS) is 13.7. The van der Waals surface area contributed by atoms with Crippen LogP contribution in [0.1, 0.15) is 37.8 Å². The molecule has 0 radical (unpaired) electrons. The van der Waals surface area contributed by atoms with Crippen LogP contribution in [0.4, 0.5) is 4.79 Å². The summed E-state index contributed by atoms with van der Waals surface area (Å²) in [5.74, 6) is -2.03. The van der Waals surface area contributed by atoms with Gasteiger partial charge in [0.15, 0.2) is 6.10 Å². The molecule has 30 heavy (non-hydrogen) atoms. The number of amides is 2. The number of carboxylic acid groups (broad SMARTS) is 1. The molecule has 1 aliphatic rings. The third kappa shape index (κ3) is 4.44. The van der Waals surface area contributed by atoms with Gasteiger partial charge in [0.1, 0.15) is 12.1 Å². The Balaban J connectivity index is 1.61. The van der Waals surface area contributed by atoms with E-state index in [1.165, 1.54) is 20.8 Å². The number of carbonyl (C=O) groups excluding carboxylic acids is 2. The smallest absolute Gasteiger partial charge is 0.408 e. The van der Waals surface area contributed by atoms with Crippen molar-refractivity contribution in [2.75, 3.05) is 6.61 Å². The topological polar surface area (TPSA) is 114 Å². The van der Waals surface area contributed by atoms with Crippen LogP contribution >= 0.6 is 0 Å². The number of nitrogens with one attached hydrogen (secondary N) is 2. The number of carbonyl (C=O) groups is 3. The van der Waals surface area contributed by atoms with Crippen molar-refractivity contribution in [1.82, 2.24) is 10.8 Å². The van der Waals surface area contributed by atoms with Crippen LogP contribution in [0.5, 0.6) is 0 Å². The number of hydroxylamine groups is 1. The first-order chi connectivity index (χ1) is 14.2. The number of carboxylic acids is 1. The second-order valence-electron chi connectivity index (χ2n) is 7.61. The number of ether oxygens (including phenoxy) is 1. The van der Waals surface area contributed by atoms with Crippen molar-refractivity contribution in [3.8, 4) is 11.1 Å². The van der Waals surface area contributed by atoms with Gasteiger partial charge in [-0.1, -0.05) is 48.5 Å². The zero-order chi connectivity index (χ0) is 21.9. The average molecular weight is 412 g/mol. The quantitative estimate of drug-likeness (QED) is 0.603. The molecule has 0 saturated heterocycles. The van der Waals surface area contributed by atoms with Crippen molar-refractivity contribution >= 4 is 18.0 Å². The van der Waals surface area contributed by atoms with Crippen molar-refractivity contribution < 1.29 is 29.1 Å². The van der Waals surface area contributed by atoms with Gasteiger partial charge in [0.05, 0.1) is 0 Å². The highest BCUT2D eigenvalue weighted by Gasteiger charge is 2.33. The molecular formula is C22H24N2O6. The maximum atomic E-state index is 12.3. The summed E-state index contributed by atoms with van der Waals surface area (Å²) in [4.78, 5) is 40.1. The Hall–Kier alpha value is -3.39. The molecule has 0 bridgehead atoms. The average Bonchev–Trinajstić information content (AvgIpc) is 3.03. The summed E-state index contributed by atoms with van der Waals surface area (Å²) in [6.07, 6.45) is -1.98. The van der Waals surface area contributed by atoms with Crippen LogP contribution in [-0.2, 0) is 19.2 Å². The van der Waals surface area contributed by atoms with Gasteiger partial charge in [-0.05, 0) is 43.0 Å². The summed E-state index contributed by atoms with van der Waals surface area (Å²) in [6.45, 7) is 4.30. The van der Waals surface area contributed by atoms with Gasteiger partial charge in [-0.15, -0.1) is 0 Å². The zero-order valence-corrected chi connectivity index (χ0v) is 17.0. The first-order valence-corrected chi connectivity index (χ1v) is 9.52. The maximum absolute atomic E-state index is 12.3. The molecule has 0 fully saturated rings. The lowest BCUT2D eigenvalue weighted by Gasteiger charge is -2.25. The summed E-state index contributed by atoms with van der Waals surface area (Å²) < 4.78 is 5.42. The fourth-order valence-electron chi connectivity index (χ4n) is 3.27. The van der Waals surface area contributed by atoms with Crippen LogP contribution in [0.2, 0.25) is 0 Å². The third-order valence-electron chi connectivity index (χ3n) is 5.00. The van der Waals surface area contributed by atoms with E-state index in [-0.39, 0.29) is 12.5 Å². The molecule has 3 rings (SSSR count). The highest BCUT2D eigenvalue weighted by atomic mass is 16.7. The van der Waals surface area contributed by atoms with E-state index in [0.29, 0.717) is 0 Å². The van der Waals surface area contributed by atoms with Crippen LogP contribution in [0.3, 0.4) is 0 Å². The van der Waals surface area contributed by atoms with Crippen molar-refractivity contribution in [3.63, 3.8) is 0 Å². The van der Waals surface area contributed by atoms with E-state index in [1.807, 2.05) is 54.0 Å². The van der Waals surface area contributed by atoms with E-state index in [1.54, 1.807) is 0 Å². The number of fused-ring (bicyclic) bond motifs is 3. The summed E-state index contributed by atoms with van der Waals surface area (Å²) in [7, 11) is 0. The molecule has 1 unspecified atom stereocenters. The number of alkyl carbamates (subject to hydrolysis) is 1. The van der Waals surface area contributed by atoms with E-state index in [2.05, 4.69) is 5.32 Å². The Labute approximate surface area is 174 Å². The third-order valence-corrected chi connectivity index (χ3v) is 5.00. The Morgan fingerprint density at radius 1 is 1.03 bits per heavy atom. The van der Waals surface area contributed by atoms with E-state index < -0.39 is 29.6 Å². The van der Waals surface area contributed by atoms with Crippen LogP contribution in [0, 0.1) is 0 Å². The number of aliphatic carboxylic acids is 1. The van der Waals surface area contributed by atoms with Crippen molar-refractivity contribution in [3.05, 3.63) is 59.7 Å². The van der Waals surface area contributed by atoms with Crippen molar-refractivity contribution in [2.45, 2.75) is 38.3 Å². The molecule has 8 nitrogen and oxygen atoms in total. The fourth-order valence-corrected chi connectivity index (χ4v) is 3.27. The van der Waals surface area contributed by atoms with Crippen molar-refractivity contribution in [1.29, 1.82) is 0 Å². The first-order valence-electron chi connectivity index (χ1n) is 9.52. The predicted molar refractivity (Wildman–Crippen MR) is 109 cm³/mol. The predicted octanol–water partition coefficient (Wildman–Crippen LogP) is 2.82. The molecule has 2 aromatic carbocycles. The van der Waals surface area contributed by atoms with Gasteiger partial charge in [0.2, 0.25) is 0 Å². The maximum Gasteiger partial charge on any atom is 0.408 e. The highest BCUT2D eigenvalue weighted by Crippen LogP contribution is 2.44. The number of hydrogen-bond acceptors (Lipinski definition) is 5. The Kier molecular flexibility index (Phi) is 6.07. The molecule has 2 aromatic rings. The van der Waals surface area contributed by atoms with E-state index >= 15 is 0 Å². The molecule has 0 heterocycles. The van der Waals surface area contributed by atoms with E-state index in [4.69, 9.17) is 14.7 Å². The minimum Gasteiger partial charge on any atom is -0.479 e. The molecule has 8 heteroatoms. The summed E-state index contributed by atoms with van der Waals surface area (Å²) in [5.41, 5.74) is 5.07. The molecule has 0 saturated carbocycles. The minimum atomic E-state index is -1.37. The Morgan fingerprint density at radius 3 is 2.10 bits per heavy atom. The van der Waals surface area contributed by atoms with Gasteiger partial charge in [-0.2, -0.15) is 0 Å². The minimum absolute atomic E-state index is 0.0974. The van der Waals surface area contributed by atoms with Gasteiger partial charge >= 0.3 is 12.1 Å². The molecule has 158 valence electrons. The molecule has 1 aliphatic carbocycles. The van der Waals surface area contributed by atoms with Gasteiger partial charge in [-0.25, -0.2) is 15.1 Å². The fraction of sp³-hybridized carbons (Fsp3) is 0.318. The van der Waals surface area contributed by atoms with Gasteiger partial charge < -0.3 is 15.2 Å². The van der Waals surface area contributed by atoms with Crippen LogP contribution in [0.15, 0.2) is 48.5 Å². The summed E-state index contributed by atoms with van der Waals surface area (Å²) in [5, 5.41) is 11.3. The molecular weight excluding hydrogens is 388 g/mol. The largest absolute Gasteiger partial charge is 0.479 e. The van der Waals surface area contributed by atoms with Gasteiger partial charge in [-0.3, -0.25) is 9.63 Å². The monoisotopic (exact) mass is 412 g/mol. The first kappa shape index (κ1) is 21.3. The van der Waals surface area contributed by atoms with Crippen LogP contribution < -0.4 is 10.8 Å². The summed E-state index contributed by atoms with van der Waals surface area (Å²) in [6, 6.07) is 15.9. The molecule has 0 aromatic heterocycles.